The quantitative estimate of drug-likeness (QED) is 0.396. The molecule has 0 aliphatic heterocycles. The van der Waals surface area contributed by atoms with E-state index in [1.807, 2.05) is 0 Å². The standard InChI is InChI=1S/C20H15ClF2N4O4/c21-15-6-12(30-9-11(29)8-28)2-3-13(15)18-14-7-24-20(25-19(14)27-26-18)31-17-4-1-10(22)5-16(17)23/h1-7,11,28-29H,8-9H2,(H,24,25,26,27). The molecule has 31 heavy (non-hydrogen) atoms. The van der Waals surface area contributed by atoms with Crippen LogP contribution in [0.3, 0.4) is 0 Å². The summed E-state index contributed by atoms with van der Waals surface area (Å²) in [6.07, 6.45) is 0.447. The number of aliphatic hydroxyl groups is 2. The number of halogens is 3. The average Bonchev–Trinajstić information content (AvgIpc) is 3.17. The van der Waals surface area contributed by atoms with Gasteiger partial charge in [0.15, 0.2) is 17.2 Å². The highest BCUT2D eigenvalue weighted by Gasteiger charge is 2.16. The normalized spacial score (nSPS) is 12.2. The van der Waals surface area contributed by atoms with Gasteiger partial charge in [0.25, 0.3) is 0 Å². The van der Waals surface area contributed by atoms with Gasteiger partial charge < -0.3 is 19.7 Å². The van der Waals surface area contributed by atoms with Crippen molar-refractivity contribution in [1.29, 1.82) is 0 Å². The third-order valence-electron chi connectivity index (χ3n) is 4.25. The van der Waals surface area contributed by atoms with E-state index in [-0.39, 0.29) is 24.0 Å². The molecule has 160 valence electrons. The summed E-state index contributed by atoms with van der Waals surface area (Å²) in [6, 6.07) is 7.63. The summed E-state index contributed by atoms with van der Waals surface area (Å²) >= 11 is 6.36. The summed E-state index contributed by atoms with van der Waals surface area (Å²) in [7, 11) is 0. The fourth-order valence-electron chi connectivity index (χ4n) is 2.73. The first-order chi connectivity index (χ1) is 14.9. The Balaban J connectivity index is 1.58. The Kier molecular flexibility index (Phi) is 5.94. The largest absolute Gasteiger partial charge is 0.491 e. The second-order valence-electron chi connectivity index (χ2n) is 6.45. The molecule has 8 nitrogen and oxygen atoms in total. The maximum atomic E-state index is 13.8. The summed E-state index contributed by atoms with van der Waals surface area (Å²) in [5, 5.41) is 26.0. The minimum Gasteiger partial charge on any atom is -0.491 e. The number of nitrogens with one attached hydrogen (secondary N) is 1. The van der Waals surface area contributed by atoms with E-state index in [0.29, 0.717) is 33.5 Å². The highest BCUT2D eigenvalue weighted by Crippen LogP contribution is 2.34. The average molecular weight is 449 g/mol. The number of rotatable bonds is 7. The SMILES string of the molecule is OCC(O)COc1ccc(-c2[nH]nc3nc(Oc4ccc(F)cc4F)ncc23)c(Cl)c1. The second kappa shape index (κ2) is 8.80. The third kappa shape index (κ3) is 4.55. The van der Waals surface area contributed by atoms with E-state index in [4.69, 9.17) is 26.2 Å². The number of aliphatic hydroxyl groups excluding tert-OH is 2. The molecule has 4 rings (SSSR count). The number of benzene rings is 2. The molecule has 1 atom stereocenters. The van der Waals surface area contributed by atoms with Crippen LogP contribution < -0.4 is 9.47 Å². The van der Waals surface area contributed by atoms with Crippen molar-refractivity contribution >= 4 is 22.6 Å². The van der Waals surface area contributed by atoms with Crippen LogP contribution in [0.5, 0.6) is 17.5 Å². The first-order valence-corrected chi connectivity index (χ1v) is 9.38. The van der Waals surface area contributed by atoms with Crippen molar-refractivity contribution in [3.63, 3.8) is 0 Å². The summed E-state index contributed by atoms with van der Waals surface area (Å²) in [5.41, 5.74) is 1.40. The summed E-state index contributed by atoms with van der Waals surface area (Å²) < 4.78 is 37.5. The number of hydrogen-bond acceptors (Lipinski definition) is 7. The number of nitrogens with zero attached hydrogens (tertiary/aromatic N) is 3. The van der Waals surface area contributed by atoms with E-state index in [2.05, 4.69) is 20.2 Å². The van der Waals surface area contributed by atoms with Gasteiger partial charge in [0.1, 0.15) is 24.3 Å². The molecule has 2 aromatic carbocycles. The first kappa shape index (κ1) is 20.9. The van der Waals surface area contributed by atoms with Crippen molar-refractivity contribution in [3.8, 4) is 28.8 Å². The molecular weight excluding hydrogens is 434 g/mol. The number of hydrogen-bond donors (Lipinski definition) is 3. The second-order valence-corrected chi connectivity index (χ2v) is 6.86. The van der Waals surface area contributed by atoms with Crippen LogP contribution in [-0.4, -0.2) is 49.7 Å². The Labute approximate surface area is 179 Å². The van der Waals surface area contributed by atoms with Crippen LogP contribution in [0.15, 0.2) is 42.6 Å². The zero-order valence-electron chi connectivity index (χ0n) is 15.7. The molecule has 2 aromatic heterocycles. The molecule has 0 aliphatic carbocycles. The topological polar surface area (TPSA) is 113 Å². The molecule has 3 N–H and O–H groups in total. The van der Waals surface area contributed by atoms with E-state index in [1.54, 1.807) is 18.2 Å². The summed E-state index contributed by atoms with van der Waals surface area (Å²) in [5.74, 6) is -1.41. The molecule has 1 unspecified atom stereocenters. The fourth-order valence-corrected chi connectivity index (χ4v) is 3.00. The predicted molar refractivity (Wildman–Crippen MR) is 107 cm³/mol. The van der Waals surface area contributed by atoms with Crippen LogP contribution >= 0.6 is 11.6 Å². The van der Waals surface area contributed by atoms with E-state index in [0.717, 1.165) is 12.1 Å². The molecule has 0 bridgehead atoms. The molecule has 0 spiro atoms. The molecule has 0 aliphatic rings. The smallest absolute Gasteiger partial charge is 0.324 e. The number of fused-ring (bicyclic) bond motifs is 1. The Morgan fingerprint density at radius 1 is 1.16 bits per heavy atom. The van der Waals surface area contributed by atoms with Crippen molar-refractivity contribution < 1.29 is 28.5 Å². The molecule has 4 aromatic rings. The van der Waals surface area contributed by atoms with Crippen LogP contribution in [0.2, 0.25) is 5.02 Å². The molecule has 0 saturated carbocycles. The lowest BCUT2D eigenvalue weighted by molar-refractivity contribution is 0.0536. The van der Waals surface area contributed by atoms with Crippen LogP contribution in [0, 0.1) is 11.6 Å². The van der Waals surface area contributed by atoms with E-state index >= 15 is 0 Å². The maximum Gasteiger partial charge on any atom is 0.324 e. The zero-order chi connectivity index (χ0) is 22.0. The van der Waals surface area contributed by atoms with E-state index < -0.39 is 24.3 Å². The predicted octanol–water partition coefficient (Wildman–Crippen LogP) is 3.48. The van der Waals surface area contributed by atoms with Gasteiger partial charge in [0.2, 0.25) is 0 Å². The lowest BCUT2D eigenvalue weighted by atomic mass is 10.1. The van der Waals surface area contributed by atoms with Crippen molar-refractivity contribution in [2.75, 3.05) is 13.2 Å². The maximum absolute atomic E-state index is 13.8. The molecular formula is C20H15ClF2N4O4. The van der Waals surface area contributed by atoms with Gasteiger partial charge in [-0.3, -0.25) is 5.10 Å². The lowest BCUT2D eigenvalue weighted by Gasteiger charge is -2.11. The highest BCUT2D eigenvalue weighted by molar-refractivity contribution is 6.33. The zero-order valence-corrected chi connectivity index (χ0v) is 16.5. The van der Waals surface area contributed by atoms with Crippen LogP contribution in [0.25, 0.3) is 22.3 Å². The molecule has 0 radical (unpaired) electrons. The monoisotopic (exact) mass is 448 g/mol. The summed E-state index contributed by atoms with van der Waals surface area (Å²) in [4.78, 5) is 8.19. The molecule has 0 amide bonds. The van der Waals surface area contributed by atoms with Gasteiger partial charge in [-0.1, -0.05) is 11.6 Å². The Hall–Kier alpha value is -3.34. The number of aromatic nitrogens is 4. The number of ether oxygens (including phenoxy) is 2. The Bertz CT molecular complexity index is 1240. The highest BCUT2D eigenvalue weighted by atomic mass is 35.5. The van der Waals surface area contributed by atoms with Gasteiger partial charge in [-0.05, 0) is 30.3 Å². The van der Waals surface area contributed by atoms with Gasteiger partial charge in [0.05, 0.1) is 22.7 Å². The van der Waals surface area contributed by atoms with Crippen molar-refractivity contribution in [2.45, 2.75) is 6.10 Å². The van der Waals surface area contributed by atoms with Gasteiger partial charge in [-0.25, -0.2) is 13.8 Å². The van der Waals surface area contributed by atoms with Crippen LogP contribution in [0.4, 0.5) is 8.78 Å². The molecule has 0 fully saturated rings. The summed E-state index contributed by atoms with van der Waals surface area (Å²) in [6.45, 7) is -0.490. The van der Waals surface area contributed by atoms with E-state index in [9.17, 15) is 13.9 Å². The third-order valence-corrected chi connectivity index (χ3v) is 4.56. The van der Waals surface area contributed by atoms with E-state index in [1.165, 1.54) is 6.20 Å². The van der Waals surface area contributed by atoms with Crippen molar-refractivity contribution in [2.24, 2.45) is 0 Å². The van der Waals surface area contributed by atoms with Gasteiger partial charge in [-0.2, -0.15) is 10.1 Å². The molecule has 2 heterocycles. The number of aromatic amines is 1. The van der Waals surface area contributed by atoms with Gasteiger partial charge in [-0.15, -0.1) is 0 Å². The minimum absolute atomic E-state index is 0.0789. The Morgan fingerprint density at radius 3 is 2.74 bits per heavy atom. The van der Waals surface area contributed by atoms with Crippen molar-refractivity contribution in [3.05, 3.63) is 59.3 Å². The fraction of sp³-hybridized carbons (Fsp3) is 0.150. The minimum atomic E-state index is -0.994. The Morgan fingerprint density at radius 2 is 2.00 bits per heavy atom. The van der Waals surface area contributed by atoms with Crippen molar-refractivity contribution in [1.82, 2.24) is 20.2 Å². The number of H-pyrrole nitrogens is 1. The van der Waals surface area contributed by atoms with Gasteiger partial charge in [0, 0.05) is 17.8 Å². The van der Waals surface area contributed by atoms with Gasteiger partial charge >= 0.3 is 6.01 Å². The lowest BCUT2D eigenvalue weighted by Crippen LogP contribution is -2.21. The van der Waals surface area contributed by atoms with Crippen LogP contribution in [0.1, 0.15) is 0 Å². The molecule has 0 saturated heterocycles. The molecule has 11 heteroatoms. The van der Waals surface area contributed by atoms with Crippen LogP contribution in [-0.2, 0) is 0 Å². The first-order valence-electron chi connectivity index (χ1n) is 9.00.